The average Bonchev–Trinajstić information content (AvgIpc) is 2.81. The molecule has 1 fully saturated rings. The Labute approximate surface area is 196 Å². The van der Waals surface area contributed by atoms with E-state index in [-0.39, 0.29) is 29.9 Å². The highest BCUT2D eigenvalue weighted by Crippen LogP contribution is 2.41. The Morgan fingerprint density at radius 1 is 0.818 bits per heavy atom. The minimum Gasteiger partial charge on any atom is -0.207 e. The third-order valence-electron chi connectivity index (χ3n) is 6.79. The van der Waals surface area contributed by atoms with Gasteiger partial charge in [0.25, 0.3) is 0 Å². The maximum atomic E-state index is 14.8. The fourth-order valence-corrected chi connectivity index (χ4v) is 4.65. The molecule has 0 atom stereocenters. The highest BCUT2D eigenvalue weighted by molar-refractivity contribution is 5.67. The van der Waals surface area contributed by atoms with E-state index in [0.717, 1.165) is 18.4 Å². The van der Waals surface area contributed by atoms with E-state index in [1.807, 2.05) is 18.2 Å². The molecule has 1 aliphatic rings. The summed E-state index contributed by atoms with van der Waals surface area (Å²) >= 11 is 0. The van der Waals surface area contributed by atoms with Crippen molar-refractivity contribution >= 4 is 6.08 Å². The summed E-state index contributed by atoms with van der Waals surface area (Å²) in [5, 5.41) is 0. The van der Waals surface area contributed by atoms with E-state index in [9.17, 15) is 17.6 Å². The molecule has 0 radical (unpaired) electrons. The topological polar surface area (TPSA) is 0 Å². The molecular formula is C29H36F4. The Morgan fingerprint density at radius 2 is 1.45 bits per heavy atom. The molecule has 1 saturated carbocycles. The van der Waals surface area contributed by atoms with Crippen LogP contribution in [0.15, 0.2) is 42.5 Å². The van der Waals surface area contributed by atoms with Gasteiger partial charge in [-0.1, -0.05) is 94.0 Å². The standard InChI is InChI=1S/C29H36F4/c1-2-3-4-5-6-7-8-9-10-11-25-16-17-26(28(31)27(25)30)24-14-12-22(13-15-24)23-18-20-29(32,33)21-19-23/h10-17,23H,2-9,18-21H2,1H3. The number of allylic oxidation sites excluding steroid dienone is 1. The van der Waals surface area contributed by atoms with E-state index in [1.54, 1.807) is 30.3 Å². The monoisotopic (exact) mass is 460 g/mol. The van der Waals surface area contributed by atoms with Gasteiger partial charge in [-0.3, -0.25) is 0 Å². The Bertz CT molecular complexity index is 889. The van der Waals surface area contributed by atoms with Crippen LogP contribution in [0.1, 0.15) is 101 Å². The first kappa shape index (κ1) is 25.5. The predicted molar refractivity (Wildman–Crippen MR) is 130 cm³/mol. The number of benzene rings is 2. The molecule has 3 rings (SSSR count). The number of hydrogen-bond acceptors (Lipinski definition) is 0. The molecule has 0 aromatic heterocycles. The Hall–Kier alpha value is -2.10. The molecule has 0 heterocycles. The van der Waals surface area contributed by atoms with E-state index >= 15 is 0 Å². The summed E-state index contributed by atoms with van der Waals surface area (Å²) < 4.78 is 56.2. The van der Waals surface area contributed by atoms with Gasteiger partial charge in [0.1, 0.15) is 0 Å². The van der Waals surface area contributed by atoms with Crippen LogP contribution in [-0.4, -0.2) is 5.92 Å². The van der Waals surface area contributed by atoms with Crippen LogP contribution < -0.4 is 0 Å². The first-order chi connectivity index (χ1) is 15.9. The van der Waals surface area contributed by atoms with Crippen LogP contribution in [0.5, 0.6) is 0 Å². The van der Waals surface area contributed by atoms with Gasteiger partial charge < -0.3 is 0 Å². The largest absolute Gasteiger partial charge is 0.248 e. The van der Waals surface area contributed by atoms with Crippen molar-refractivity contribution in [2.45, 2.75) is 95.8 Å². The molecule has 0 unspecified atom stereocenters. The van der Waals surface area contributed by atoms with Gasteiger partial charge in [-0.25, -0.2) is 17.6 Å². The Kier molecular flexibility index (Phi) is 9.58. The lowest BCUT2D eigenvalue weighted by molar-refractivity contribution is -0.0382. The fraction of sp³-hybridized carbons (Fsp3) is 0.517. The third kappa shape index (κ3) is 7.45. The average molecular weight is 461 g/mol. The Balaban J connectivity index is 1.55. The second-order valence-electron chi connectivity index (χ2n) is 9.39. The molecule has 33 heavy (non-hydrogen) atoms. The summed E-state index contributed by atoms with van der Waals surface area (Å²) in [4.78, 5) is 0. The highest BCUT2D eigenvalue weighted by Gasteiger charge is 2.35. The lowest BCUT2D eigenvalue weighted by Crippen LogP contribution is -2.23. The second-order valence-corrected chi connectivity index (χ2v) is 9.39. The molecular weight excluding hydrogens is 424 g/mol. The number of hydrogen-bond donors (Lipinski definition) is 0. The van der Waals surface area contributed by atoms with Crippen molar-refractivity contribution in [3.05, 3.63) is 65.2 Å². The summed E-state index contributed by atoms with van der Waals surface area (Å²) in [5.74, 6) is -4.13. The van der Waals surface area contributed by atoms with Gasteiger partial charge in [-0.15, -0.1) is 0 Å². The van der Waals surface area contributed by atoms with E-state index in [0.29, 0.717) is 18.4 Å². The molecule has 0 N–H and O–H groups in total. The fourth-order valence-electron chi connectivity index (χ4n) is 4.65. The smallest absolute Gasteiger partial charge is 0.207 e. The quantitative estimate of drug-likeness (QED) is 0.231. The van der Waals surface area contributed by atoms with Crippen molar-refractivity contribution in [3.63, 3.8) is 0 Å². The highest BCUT2D eigenvalue weighted by atomic mass is 19.3. The van der Waals surface area contributed by atoms with Crippen LogP contribution in [0.3, 0.4) is 0 Å². The minimum atomic E-state index is -2.55. The van der Waals surface area contributed by atoms with Crippen molar-refractivity contribution in [3.8, 4) is 11.1 Å². The molecule has 1 aliphatic carbocycles. The van der Waals surface area contributed by atoms with Crippen LogP contribution >= 0.6 is 0 Å². The van der Waals surface area contributed by atoms with Gasteiger partial charge in [0.15, 0.2) is 11.6 Å². The molecule has 0 spiro atoms. The predicted octanol–water partition coefficient (Wildman–Crippen LogP) is 10.1. The summed E-state index contributed by atoms with van der Waals surface area (Å²) in [5.41, 5.74) is 2.06. The Morgan fingerprint density at radius 3 is 2.12 bits per heavy atom. The molecule has 0 amide bonds. The number of halogens is 4. The summed E-state index contributed by atoms with van der Waals surface area (Å²) in [7, 11) is 0. The zero-order valence-corrected chi connectivity index (χ0v) is 19.7. The molecule has 0 nitrogen and oxygen atoms in total. The number of rotatable bonds is 11. The van der Waals surface area contributed by atoms with Crippen LogP contribution in [0, 0.1) is 11.6 Å². The first-order valence-electron chi connectivity index (χ1n) is 12.5. The SMILES string of the molecule is CCCCCCCCCC=Cc1ccc(-c2ccc(C3CCC(F)(F)CC3)cc2)c(F)c1F. The van der Waals surface area contributed by atoms with E-state index in [4.69, 9.17) is 0 Å². The molecule has 2 aromatic carbocycles. The van der Waals surface area contributed by atoms with Crippen LogP contribution in [0.4, 0.5) is 17.6 Å². The van der Waals surface area contributed by atoms with Gasteiger partial charge in [0.05, 0.1) is 0 Å². The number of alkyl halides is 2. The van der Waals surface area contributed by atoms with Gasteiger partial charge >= 0.3 is 0 Å². The maximum Gasteiger partial charge on any atom is 0.248 e. The molecule has 0 bridgehead atoms. The molecule has 2 aromatic rings. The van der Waals surface area contributed by atoms with Crippen LogP contribution in [-0.2, 0) is 0 Å². The van der Waals surface area contributed by atoms with E-state index in [2.05, 4.69) is 6.92 Å². The van der Waals surface area contributed by atoms with Crippen LogP contribution in [0.25, 0.3) is 17.2 Å². The van der Waals surface area contributed by atoms with Gasteiger partial charge in [0.2, 0.25) is 5.92 Å². The summed E-state index contributed by atoms with van der Waals surface area (Å²) in [6.07, 6.45) is 13.8. The normalized spacial score (nSPS) is 16.5. The lowest BCUT2D eigenvalue weighted by Gasteiger charge is -2.28. The summed E-state index contributed by atoms with van der Waals surface area (Å²) in [6.45, 7) is 2.21. The van der Waals surface area contributed by atoms with Crippen molar-refractivity contribution in [2.24, 2.45) is 0 Å². The van der Waals surface area contributed by atoms with Gasteiger partial charge in [-0.2, -0.15) is 0 Å². The molecule has 0 aliphatic heterocycles. The van der Waals surface area contributed by atoms with Crippen molar-refractivity contribution in [1.29, 1.82) is 0 Å². The number of unbranched alkanes of at least 4 members (excludes halogenated alkanes) is 7. The van der Waals surface area contributed by atoms with Gasteiger partial charge in [0, 0.05) is 24.0 Å². The zero-order chi connectivity index (χ0) is 23.7. The zero-order valence-electron chi connectivity index (χ0n) is 19.7. The molecule has 180 valence electrons. The maximum absolute atomic E-state index is 14.8. The lowest BCUT2D eigenvalue weighted by atomic mass is 9.82. The summed E-state index contributed by atoms with van der Waals surface area (Å²) in [6, 6.07) is 10.5. The van der Waals surface area contributed by atoms with E-state index < -0.39 is 17.6 Å². The van der Waals surface area contributed by atoms with E-state index in [1.165, 1.54) is 38.5 Å². The molecule has 4 heteroatoms. The van der Waals surface area contributed by atoms with Gasteiger partial charge in [-0.05, 0) is 42.7 Å². The van der Waals surface area contributed by atoms with Crippen molar-refractivity contribution in [1.82, 2.24) is 0 Å². The first-order valence-corrected chi connectivity index (χ1v) is 12.5. The third-order valence-corrected chi connectivity index (χ3v) is 6.79. The molecule has 0 saturated heterocycles. The van der Waals surface area contributed by atoms with Crippen molar-refractivity contribution < 1.29 is 17.6 Å². The second kappa shape index (κ2) is 12.4. The van der Waals surface area contributed by atoms with Crippen LogP contribution in [0.2, 0.25) is 0 Å². The minimum absolute atomic E-state index is 0.0901. The van der Waals surface area contributed by atoms with Crippen molar-refractivity contribution in [2.75, 3.05) is 0 Å².